The summed E-state index contributed by atoms with van der Waals surface area (Å²) in [6, 6.07) is 0. The van der Waals surface area contributed by atoms with Gasteiger partial charge in [-0.15, -0.1) is 0 Å². The maximum atomic E-state index is 12.2. The highest BCUT2D eigenvalue weighted by molar-refractivity contribution is 5.82. The Hall–Kier alpha value is -0.370. The Morgan fingerprint density at radius 3 is 2.62 bits per heavy atom. The van der Waals surface area contributed by atoms with E-state index in [-0.39, 0.29) is 0 Å². The number of ketones is 1. The van der Waals surface area contributed by atoms with Crippen LogP contribution in [0.5, 0.6) is 0 Å². The molecule has 0 aromatic carbocycles. The SMILES string of the molecule is COCCC1CCC(C)C1C(=O)CC(C)C. The van der Waals surface area contributed by atoms with Gasteiger partial charge in [-0.3, -0.25) is 4.79 Å². The highest BCUT2D eigenvalue weighted by Crippen LogP contribution is 2.40. The van der Waals surface area contributed by atoms with E-state index in [1.54, 1.807) is 7.11 Å². The van der Waals surface area contributed by atoms with Crippen molar-refractivity contribution in [2.75, 3.05) is 13.7 Å². The van der Waals surface area contributed by atoms with E-state index in [1.807, 2.05) is 0 Å². The molecular formula is C14H26O2. The molecule has 16 heavy (non-hydrogen) atoms. The fraction of sp³-hybridized carbons (Fsp3) is 0.929. The van der Waals surface area contributed by atoms with E-state index in [0.717, 1.165) is 19.4 Å². The summed E-state index contributed by atoms with van der Waals surface area (Å²) in [5.74, 6) is 2.43. The van der Waals surface area contributed by atoms with Gasteiger partial charge in [0.05, 0.1) is 0 Å². The van der Waals surface area contributed by atoms with Gasteiger partial charge in [0.1, 0.15) is 5.78 Å². The average molecular weight is 226 g/mol. The van der Waals surface area contributed by atoms with Crippen LogP contribution in [0.1, 0.15) is 46.5 Å². The number of hydrogen-bond acceptors (Lipinski definition) is 2. The summed E-state index contributed by atoms with van der Waals surface area (Å²) in [7, 11) is 1.74. The first-order valence-corrected chi connectivity index (χ1v) is 6.57. The Kier molecular flexibility index (Phi) is 5.47. The summed E-state index contributed by atoms with van der Waals surface area (Å²) in [5.41, 5.74) is 0. The second kappa shape index (κ2) is 6.39. The highest BCUT2D eigenvalue weighted by atomic mass is 16.5. The largest absolute Gasteiger partial charge is 0.385 e. The smallest absolute Gasteiger partial charge is 0.136 e. The van der Waals surface area contributed by atoms with Crippen LogP contribution in [0.3, 0.4) is 0 Å². The summed E-state index contributed by atoms with van der Waals surface area (Å²) >= 11 is 0. The fourth-order valence-corrected chi connectivity index (χ4v) is 3.01. The topological polar surface area (TPSA) is 26.3 Å². The summed E-state index contributed by atoms with van der Waals surface area (Å²) < 4.78 is 5.14. The summed E-state index contributed by atoms with van der Waals surface area (Å²) in [6.45, 7) is 7.28. The molecule has 0 aliphatic heterocycles. The average Bonchev–Trinajstić information content (AvgIpc) is 2.55. The Labute approximate surface area is 99.8 Å². The Morgan fingerprint density at radius 1 is 1.38 bits per heavy atom. The predicted octanol–water partition coefficient (Wildman–Crippen LogP) is 3.30. The van der Waals surface area contributed by atoms with Gasteiger partial charge in [0.15, 0.2) is 0 Å². The van der Waals surface area contributed by atoms with Crippen molar-refractivity contribution in [1.82, 2.24) is 0 Å². The molecule has 0 bridgehead atoms. The van der Waals surface area contributed by atoms with Gasteiger partial charge >= 0.3 is 0 Å². The third-order valence-corrected chi connectivity index (χ3v) is 3.79. The van der Waals surface area contributed by atoms with E-state index in [4.69, 9.17) is 4.74 Å². The number of Topliss-reactive ketones (excluding diaryl/α,β-unsaturated/α-hetero) is 1. The van der Waals surface area contributed by atoms with Gasteiger partial charge in [0.2, 0.25) is 0 Å². The molecule has 0 aromatic heterocycles. The molecule has 2 nitrogen and oxygen atoms in total. The van der Waals surface area contributed by atoms with Crippen LogP contribution in [0.25, 0.3) is 0 Å². The summed E-state index contributed by atoms with van der Waals surface area (Å²) in [5, 5.41) is 0. The zero-order valence-electron chi connectivity index (χ0n) is 11.2. The van der Waals surface area contributed by atoms with Gasteiger partial charge in [-0.1, -0.05) is 20.8 Å². The van der Waals surface area contributed by atoms with Crippen LogP contribution in [0.15, 0.2) is 0 Å². The Morgan fingerprint density at radius 2 is 2.06 bits per heavy atom. The molecule has 2 heteroatoms. The first-order valence-electron chi connectivity index (χ1n) is 6.57. The lowest BCUT2D eigenvalue weighted by molar-refractivity contribution is -0.126. The molecule has 1 saturated carbocycles. The van der Waals surface area contributed by atoms with Gasteiger partial charge in [-0.05, 0) is 37.0 Å². The number of rotatable bonds is 6. The molecule has 3 atom stereocenters. The van der Waals surface area contributed by atoms with E-state index >= 15 is 0 Å². The van der Waals surface area contributed by atoms with Crippen molar-refractivity contribution in [1.29, 1.82) is 0 Å². The number of carbonyl (C=O) groups excluding carboxylic acids is 1. The van der Waals surface area contributed by atoms with Crippen molar-refractivity contribution in [3.63, 3.8) is 0 Å². The third kappa shape index (κ3) is 3.58. The molecule has 0 radical (unpaired) electrons. The molecule has 0 aromatic rings. The van der Waals surface area contributed by atoms with Crippen LogP contribution in [-0.2, 0) is 9.53 Å². The molecule has 0 spiro atoms. The molecule has 0 saturated heterocycles. The van der Waals surface area contributed by atoms with E-state index in [2.05, 4.69) is 20.8 Å². The van der Waals surface area contributed by atoms with E-state index < -0.39 is 0 Å². The van der Waals surface area contributed by atoms with Crippen molar-refractivity contribution in [2.45, 2.75) is 46.5 Å². The first kappa shape index (κ1) is 13.7. The standard InChI is InChI=1S/C14H26O2/c1-10(2)9-13(15)14-11(3)5-6-12(14)7-8-16-4/h10-12,14H,5-9H2,1-4H3. The van der Waals surface area contributed by atoms with E-state index in [0.29, 0.717) is 29.5 Å². The minimum absolute atomic E-state index is 0.303. The van der Waals surface area contributed by atoms with Crippen LogP contribution in [-0.4, -0.2) is 19.5 Å². The lowest BCUT2D eigenvalue weighted by Crippen LogP contribution is -2.25. The number of ether oxygens (including phenoxy) is 1. The van der Waals surface area contributed by atoms with Crippen LogP contribution in [0.2, 0.25) is 0 Å². The lowest BCUT2D eigenvalue weighted by atomic mass is 9.82. The van der Waals surface area contributed by atoms with Gasteiger partial charge in [-0.25, -0.2) is 0 Å². The monoisotopic (exact) mass is 226 g/mol. The van der Waals surface area contributed by atoms with Crippen molar-refractivity contribution in [3.05, 3.63) is 0 Å². The molecule has 0 N–H and O–H groups in total. The molecule has 1 aliphatic rings. The van der Waals surface area contributed by atoms with Crippen molar-refractivity contribution < 1.29 is 9.53 Å². The molecule has 3 unspecified atom stereocenters. The molecule has 94 valence electrons. The third-order valence-electron chi connectivity index (χ3n) is 3.79. The highest BCUT2D eigenvalue weighted by Gasteiger charge is 2.37. The second-order valence-corrected chi connectivity index (χ2v) is 5.69. The number of hydrogen-bond donors (Lipinski definition) is 0. The van der Waals surface area contributed by atoms with Crippen LogP contribution in [0.4, 0.5) is 0 Å². The predicted molar refractivity (Wildman–Crippen MR) is 66.3 cm³/mol. The van der Waals surface area contributed by atoms with Gasteiger partial charge in [-0.2, -0.15) is 0 Å². The van der Waals surface area contributed by atoms with Gasteiger partial charge in [0, 0.05) is 26.1 Å². The first-order chi connectivity index (χ1) is 7.56. The van der Waals surface area contributed by atoms with E-state index in [9.17, 15) is 4.79 Å². The molecule has 1 fully saturated rings. The van der Waals surface area contributed by atoms with Crippen LogP contribution < -0.4 is 0 Å². The Balaban J connectivity index is 2.54. The molecule has 0 heterocycles. The minimum Gasteiger partial charge on any atom is -0.385 e. The maximum Gasteiger partial charge on any atom is 0.136 e. The fourth-order valence-electron chi connectivity index (χ4n) is 3.01. The van der Waals surface area contributed by atoms with Gasteiger partial charge < -0.3 is 4.74 Å². The molecule has 1 aliphatic carbocycles. The quantitative estimate of drug-likeness (QED) is 0.694. The van der Waals surface area contributed by atoms with Crippen molar-refractivity contribution >= 4 is 5.78 Å². The number of methoxy groups -OCH3 is 1. The normalized spacial score (nSPS) is 29.9. The molecule has 1 rings (SSSR count). The van der Waals surface area contributed by atoms with Crippen molar-refractivity contribution in [3.8, 4) is 0 Å². The van der Waals surface area contributed by atoms with Crippen LogP contribution in [0, 0.1) is 23.7 Å². The Bertz CT molecular complexity index is 223. The lowest BCUT2D eigenvalue weighted by Gasteiger charge is -2.22. The maximum absolute atomic E-state index is 12.2. The molecular weight excluding hydrogens is 200 g/mol. The summed E-state index contributed by atoms with van der Waals surface area (Å²) in [6.07, 6.45) is 4.22. The van der Waals surface area contributed by atoms with Gasteiger partial charge in [0.25, 0.3) is 0 Å². The zero-order valence-corrected chi connectivity index (χ0v) is 11.2. The van der Waals surface area contributed by atoms with Crippen molar-refractivity contribution in [2.24, 2.45) is 23.7 Å². The zero-order chi connectivity index (χ0) is 12.1. The number of carbonyl (C=O) groups is 1. The second-order valence-electron chi connectivity index (χ2n) is 5.69. The molecule has 0 amide bonds. The minimum atomic E-state index is 0.303. The van der Waals surface area contributed by atoms with E-state index in [1.165, 1.54) is 12.8 Å². The summed E-state index contributed by atoms with van der Waals surface area (Å²) in [4.78, 5) is 12.2. The van der Waals surface area contributed by atoms with Crippen LogP contribution >= 0.6 is 0 Å².